The number of nitrogens with zero attached hydrogens (tertiary/aromatic N) is 1. The molecule has 2 aromatic carbocycles. The molecule has 1 atom stereocenters. The smallest absolute Gasteiger partial charge is 0.191 e. The van der Waals surface area contributed by atoms with Crippen LogP contribution in [-0.2, 0) is 17.8 Å². The highest BCUT2D eigenvalue weighted by Crippen LogP contribution is 2.22. The SMILES string of the molecule is CN=C(NCc1ccc(F)c(Cl)c1)NCc1ccc(C)cc1OCC1CCOC1.I. The third-order valence-corrected chi connectivity index (χ3v) is 5.12. The van der Waals surface area contributed by atoms with Crippen LogP contribution in [0, 0.1) is 18.7 Å². The number of halogens is 3. The summed E-state index contributed by atoms with van der Waals surface area (Å²) in [5.74, 6) is 1.55. The summed E-state index contributed by atoms with van der Waals surface area (Å²) in [4.78, 5) is 4.24. The van der Waals surface area contributed by atoms with Gasteiger partial charge in [0.05, 0.1) is 18.2 Å². The predicted octanol–water partition coefficient (Wildman–Crippen LogP) is 4.69. The molecule has 1 aliphatic heterocycles. The first-order valence-corrected chi connectivity index (χ1v) is 10.1. The molecule has 0 aromatic heterocycles. The molecule has 0 amide bonds. The summed E-state index contributed by atoms with van der Waals surface area (Å²) in [6.45, 7) is 5.35. The van der Waals surface area contributed by atoms with E-state index in [1.165, 1.54) is 6.07 Å². The Kier molecular flexibility index (Phi) is 10.1. The maximum Gasteiger partial charge on any atom is 0.191 e. The summed E-state index contributed by atoms with van der Waals surface area (Å²) in [6, 6.07) is 10.9. The van der Waals surface area contributed by atoms with Gasteiger partial charge in [-0.15, -0.1) is 24.0 Å². The predicted molar refractivity (Wildman–Crippen MR) is 129 cm³/mol. The van der Waals surface area contributed by atoms with Gasteiger partial charge in [0.15, 0.2) is 5.96 Å². The number of aliphatic imine (C=N–C) groups is 1. The van der Waals surface area contributed by atoms with Crippen LogP contribution >= 0.6 is 35.6 Å². The van der Waals surface area contributed by atoms with Crippen molar-refractivity contribution in [2.24, 2.45) is 10.9 Å². The number of guanidine groups is 1. The van der Waals surface area contributed by atoms with Gasteiger partial charge in [0.1, 0.15) is 11.6 Å². The van der Waals surface area contributed by atoms with Crippen molar-refractivity contribution in [1.82, 2.24) is 10.6 Å². The van der Waals surface area contributed by atoms with Crippen LogP contribution in [0.4, 0.5) is 4.39 Å². The number of aryl methyl sites for hydroxylation is 1. The average molecular weight is 548 g/mol. The van der Waals surface area contributed by atoms with E-state index in [2.05, 4.69) is 40.7 Å². The second-order valence-corrected chi connectivity index (χ2v) is 7.59. The van der Waals surface area contributed by atoms with Crippen molar-refractivity contribution in [2.45, 2.75) is 26.4 Å². The summed E-state index contributed by atoms with van der Waals surface area (Å²) in [5, 5.41) is 6.62. The van der Waals surface area contributed by atoms with E-state index in [1.54, 1.807) is 19.2 Å². The fraction of sp³-hybridized carbons (Fsp3) is 0.409. The normalized spacial score (nSPS) is 16.1. The number of benzene rings is 2. The van der Waals surface area contributed by atoms with E-state index in [0.29, 0.717) is 31.6 Å². The molecule has 0 saturated carbocycles. The highest BCUT2D eigenvalue weighted by molar-refractivity contribution is 14.0. The van der Waals surface area contributed by atoms with Crippen molar-refractivity contribution in [3.8, 4) is 5.75 Å². The van der Waals surface area contributed by atoms with Gasteiger partial charge in [-0.1, -0.05) is 29.8 Å². The average Bonchev–Trinajstić information content (AvgIpc) is 3.24. The molecule has 3 rings (SSSR count). The molecule has 1 heterocycles. The van der Waals surface area contributed by atoms with Crippen molar-refractivity contribution >= 4 is 41.5 Å². The lowest BCUT2D eigenvalue weighted by atomic mass is 10.1. The first-order valence-electron chi connectivity index (χ1n) is 9.73. The molecule has 0 radical (unpaired) electrons. The van der Waals surface area contributed by atoms with Crippen LogP contribution in [0.2, 0.25) is 5.02 Å². The molecule has 2 aromatic rings. The van der Waals surface area contributed by atoms with Crippen LogP contribution in [0.1, 0.15) is 23.1 Å². The maximum absolute atomic E-state index is 13.3. The molecule has 30 heavy (non-hydrogen) atoms. The minimum Gasteiger partial charge on any atom is -0.493 e. The van der Waals surface area contributed by atoms with Crippen molar-refractivity contribution in [3.63, 3.8) is 0 Å². The Labute approximate surface area is 199 Å². The topological polar surface area (TPSA) is 54.9 Å². The lowest BCUT2D eigenvalue weighted by Gasteiger charge is -2.17. The van der Waals surface area contributed by atoms with Crippen molar-refractivity contribution in [2.75, 3.05) is 26.9 Å². The third kappa shape index (κ3) is 7.28. The molecular weight excluding hydrogens is 520 g/mol. The lowest BCUT2D eigenvalue weighted by Crippen LogP contribution is -2.36. The zero-order valence-electron chi connectivity index (χ0n) is 17.2. The Morgan fingerprint density at radius 3 is 2.73 bits per heavy atom. The maximum atomic E-state index is 13.3. The van der Waals surface area contributed by atoms with E-state index in [1.807, 2.05) is 0 Å². The molecular formula is C22H28ClFIN3O2. The summed E-state index contributed by atoms with van der Waals surface area (Å²) >= 11 is 5.84. The molecule has 0 spiro atoms. The van der Waals surface area contributed by atoms with Gasteiger partial charge >= 0.3 is 0 Å². The highest BCUT2D eigenvalue weighted by atomic mass is 127. The molecule has 0 bridgehead atoms. The van der Waals surface area contributed by atoms with Gasteiger partial charge in [-0.25, -0.2) is 4.39 Å². The second kappa shape index (κ2) is 12.3. The van der Waals surface area contributed by atoms with Crippen molar-refractivity contribution in [3.05, 3.63) is 63.9 Å². The standard InChI is InChI=1S/C22H27ClFN3O2.HI/c1-15-3-5-18(21(9-15)29-14-17-7-8-28-13-17)12-27-22(25-2)26-11-16-4-6-20(24)19(23)10-16;/h3-6,9-10,17H,7-8,11-14H2,1-2H3,(H2,25,26,27);1H. The Hall–Kier alpha value is -1.58. The largest absolute Gasteiger partial charge is 0.493 e. The Bertz CT molecular complexity index is 860. The molecule has 2 N–H and O–H groups in total. The van der Waals surface area contributed by atoms with Crippen LogP contribution in [0.25, 0.3) is 0 Å². The fourth-order valence-electron chi connectivity index (χ4n) is 3.10. The van der Waals surface area contributed by atoms with Crippen LogP contribution in [-0.4, -0.2) is 32.8 Å². The monoisotopic (exact) mass is 547 g/mol. The van der Waals surface area contributed by atoms with E-state index in [-0.39, 0.29) is 29.0 Å². The van der Waals surface area contributed by atoms with E-state index in [9.17, 15) is 4.39 Å². The summed E-state index contributed by atoms with van der Waals surface area (Å²) < 4.78 is 24.8. The lowest BCUT2D eigenvalue weighted by molar-refractivity contribution is 0.166. The summed E-state index contributed by atoms with van der Waals surface area (Å²) in [5.41, 5.74) is 3.09. The first kappa shape index (κ1) is 24.7. The molecule has 1 aliphatic rings. The third-order valence-electron chi connectivity index (χ3n) is 4.84. The van der Waals surface area contributed by atoms with Crippen molar-refractivity contribution in [1.29, 1.82) is 0 Å². The van der Waals surface area contributed by atoms with E-state index < -0.39 is 5.82 Å². The number of hydrogen-bond donors (Lipinski definition) is 2. The minimum absolute atomic E-state index is 0. The van der Waals surface area contributed by atoms with Gasteiger partial charge < -0.3 is 20.1 Å². The fourth-order valence-corrected chi connectivity index (χ4v) is 3.30. The van der Waals surface area contributed by atoms with Crippen LogP contribution in [0.5, 0.6) is 5.75 Å². The highest BCUT2D eigenvalue weighted by Gasteiger charge is 2.17. The number of hydrogen-bond acceptors (Lipinski definition) is 3. The Balaban J connectivity index is 0.00000320. The molecule has 5 nitrogen and oxygen atoms in total. The zero-order chi connectivity index (χ0) is 20.6. The molecule has 8 heteroatoms. The van der Waals surface area contributed by atoms with Gasteiger partial charge in [0.25, 0.3) is 0 Å². The van der Waals surface area contributed by atoms with E-state index in [0.717, 1.165) is 42.1 Å². The zero-order valence-corrected chi connectivity index (χ0v) is 20.3. The number of nitrogens with one attached hydrogen (secondary N) is 2. The van der Waals surface area contributed by atoms with Crippen LogP contribution in [0.3, 0.4) is 0 Å². The minimum atomic E-state index is -0.422. The number of rotatable bonds is 7. The molecule has 1 fully saturated rings. The van der Waals surface area contributed by atoms with Crippen molar-refractivity contribution < 1.29 is 13.9 Å². The van der Waals surface area contributed by atoms with Crippen LogP contribution in [0.15, 0.2) is 41.4 Å². The Morgan fingerprint density at radius 1 is 1.23 bits per heavy atom. The van der Waals surface area contributed by atoms with Gasteiger partial charge in [0, 0.05) is 38.2 Å². The molecule has 0 aliphatic carbocycles. The van der Waals surface area contributed by atoms with Gasteiger partial charge in [-0.05, 0) is 42.7 Å². The molecule has 1 saturated heterocycles. The van der Waals surface area contributed by atoms with Gasteiger partial charge in [0.2, 0.25) is 0 Å². The Morgan fingerprint density at radius 2 is 2.03 bits per heavy atom. The van der Waals surface area contributed by atoms with E-state index in [4.69, 9.17) is 21.1 Å². The van der Waals surface area contributed by atoms with E-state index >= 15 is 0 Å². The quantitative estimate of drug-likeness (QED) is 0.300. The molecule has 164 valence electrons. The summed E-state index contributed by atoms with van der Waals surface area (Å²) in [7, 11) is 1.71. The van der Waals surface area contributed by atoms with Crippen LogP contribution < -0.4 is 15.4 Å². The first-order chi connectivity index (χ1) is 14.0. The number of ether oxygens (including phenoxy) is 2. The molecule has 1 unspecified atom stereocenters. The van der Waals surface area contributed by atoms with Gasteiger partial charge in [-0.2, -0.15) is 0 Å². The van der Waals surface area contributed by atoms with Gasteiger partial charge in [-0.3, -0.25) is 4.99 Å². The second-order valence-electron chi connectivity index (χ2n) is 7.18. The summed E-state index contributed by atoms with van der Waals surface area (Å²) in [6.07, 6.45) is 1.05.